The second-order valence-electron chi connectivity index (χ2n) is 8.15. The van der Waals surface area contributed by atoms with Crippen molar-refractivity contribution < 1.29 is 23.1 Å². The molecule has 34 heavy (non-hydrogen) atoms. The average molecular weight is 483 g/mol. The monoisotopic (exact) mass is 482 g/mol. The van der Waals surface area contributed by atoms with Gasteiger partial charge in [-0.15, -0.1) is 0 Å². The molecule has 0 radical (unpaired) electrons. The maximum atomic E-state index is 12.5. The van der Waals surface area contributed by atoms with Crippen molar-refractivity contribution in [3.05, 3.63) is 70.9 Å². The van der Waals surface area contributed by atoms with Crippen molar-refractivity contribution in [1.82, 2.24) is 9.97 Å². The van der Waals surface area contributed by atoms with Gasteiger partial charge in [0.1, 0.15) is 11.4 Å². The minimum atomic E-state index is -3.34. The smallest absolute Gasteiger partial charge is 0.343 e. The molecule has 0 saturated carbocycles. The number of benzene rings is 2. The number of aryl methyl sites for hydroxylation is 1. The second-order valence-corrected chi connectivity index (χ2v) is 10.1. The molecule has 9 nitrogen and oxygen atoms in total. The number of aliphatic hydroxyl groups excluding tert-OH is 1. The van der Waals surface area contributed by atoms with E-state index in [4.69, 9.17) is 4.74 Å². The number of ether oxygens (including phenoxy) is 1. The van der Waals surface area contributed by atoms with Crippen LogP contribution in [0.4, 0.5) is 17.5 Å². The van der Waals surface area contributed by atoms with Crippen molar-refractivity contribution in [3.8, 4) is 0 Å². The zero-order chi connectivity index (χ0) is 24.5. The number of nitrogens with zero attached hydrogens (tertiary/aromatic N) is 2. The lowest BCUT2D eigenvalue weighted by molar-refractivity contribution is 0.0526. The van der Waals surface area contributed by atoms with Gasteiger partial charge in [-0.25, -0.2) is 18.2 Å². The van der Waals surface area contributed by atoms with Gasteiger partial charge in [-0.05, 0) is 48.7 Å². The van der Waals surface area contributed by atoms with Gasteiger partial charge in [-0.2, -0.15) is 4.98 Å². The summed E-state index contributed by atoms with van der Waals surface area (Å²) in [4.78, 5) is 21.5. The highest BCUT2D eigenvalue weighted by molar-refractivity contribution is 7.90. The third-order valence-electron chi connectivity index (χ3n) is 5.61. The summed E-state index contributed by atoms with van der Waals surface area (Å²) < 4.78 is 28.9. The van der Waals surface area contributed by atoms with Crippen LogP contribution in [-0.2, 0) is 21.0 Å². The predicted molar refractivity (Wildman–Crippen MR) is 128 cm³/mol. The summed E-state index contributed by atoms with van der Waals surface area (Å²) in [6.45, 7) is 3.61. The molecule has 0 saturated heterocycles. The number of carbonyl (C=O) groups excluding carboxylic acids is 1. The lowest BCUT2D eigenvalue weighted by Gasteiger charge is -2.20. The maximum absolute atomic E-state index is 12.5. The summed E-state index contributed by atoms with van der Waals surface area (Å²) in [6.07, 6.45) is 2.32. The first-order chi connectivity index (χ1) is 16.2. The highest BCUT2D eigenvalue weighted by atomic mass is 32.2. The predicted octanol–water partition coefficient (Wildman–Crippen LogP) is 3.18. The van der Waals surface area contributed by atoms with Gasteiger partial charge in [-0.1, -0.05) is 24.3 Å². The summed E-state index contributed by atoms with van der Waals surface area (Å²) in [6, 6.07) is 12.1. The third kappa shape index (κ3) is 4.87. The van der Waals surface area contributed by atoms with Crippen molar-refractivity contribution in [2.75, 3.05) is 23.5 Å². The normalized spacial score (nSPS) is 17.2. The molecule has 0 amide bonds. The molecular formula is C24H26N4O5S. The van der Waals surface area contributed by atoms with E-state index in [1.807, 2.05) is 24.3 Å². The van der Waals surface area contributed by atoms with Crippen molar-refractivity contribution in [1.29, 1.82) is 0 Å². The number of fused-ring (bicyclic) bond motifs is 1. The van der Waals surface area contributed by atoms with E-state index < -0.39 is 28.0 Å². The molecule has 0 fully saturated rings. The second kappa shape index (κ2) is 9.40. The van der Waals surface area contributed by atoms with Crippen LogP contribution in [0.1, 0.15) is 40.0 Å². The van der Waals surface area contributed by atoms with Crippen LogP contribution in [0.5, 0.6) is 0 Å². The number of esters is 1. The molecule has 3 N–H and O–H groups in total. The van der Waals surface area contributed by atoms with Gasteiger partial charge in [0.05, 0.1) is 23.6 Å². The fourth-order valence-electron chi connectivity index (χ4n) is 4.08. The molecule has 1 aliphatic rings. The number of aromatic nitrogens is 2. The highest BCUT2D eigenvalue weighted by Crippen LogP contribution is 2.35. The Morgan fingerprint density at radius 1 is 1.24 bits per heavy atom. The molecule has 0 bridgehead atoms. The Balaban J connectivity index is 1.67. The van der Waals surface area contributed by atoms with Gasteiger partial charge in [0.15, 0.2) is 9.84 Å². The first-order valence-electron chi connectivity index (χ1n) is 10.8. The number of sulfone groups is 1. The molecule has 0 unspecified atom stereocenters. The zero-order valence-electron chi connectivity index (χ0n) is 19.1. The SMILES string of the molecule is CCOC(=O)c1cnc(Nc2ccc(S(C)(=O)=O)c(C)c2)nc1N[C@H]1c2ccccc2C[C@@H]1O. The number of carbonyl (C=O) groups is 1. The fraction of sp³-hybridized carbons (Fsp3) is 0.292. The van der Waals surface area contributed by atoms with Crippen LogP contribution in [0.3, 0.4) is 0 Å². The topological polar surface area (TPSA) is 131 Å². The van der Waals surface area contributed by atoms with Crippen LogP contribution in [0.2, 0.25) is 0 Å². The Bertz CT molecular complexity index is 1340. The van der Waals surface area contributed by atoms with Crippen molar-refractivity contribution in [3.63, 3.8) is 0 Å². The average Bonchev–Trinajstić information content (AvgIpc) is 3.08. The maximum Gasteiger partial charge on any atom is 0.343 e. The molecular weight excluding hydrogens is 456 g/mol. The minimum absolute atomic E-state index is 0.146. The number of anilines is 3. The van der Waals surface area contributed by atoms with Gasteiger partial charge in [0.25, 0.3) is 0 Å². The Morgan fingerprint density at radius 2 is 2.00 bits per heavy atom. The fourth-order valence-corrected chi connectivity index (χ4v) is 5.04. The molecule has 0 aliphatic heterocycles. The molecule has 1 aliphatic carbocycles. The van der Waals surface area contributed by atoms with Gasteiger partial charge >= 0.3 is 5.97 Å². The number of hydrogen-bond donors (Lipinski definition) is 3. The van der Waals surface area contributed by atoms with Crippen LogP contribution >= 0.6 is 0 Å². The van der Waals surface area contributed by atoms with Crippen LogP contribution in [-0.4, -0.2) is 48.4 Å². The summed E-state index contributed by atoms with van der Waals surface area (Å²) in [5.41, 5.74) is 3.28. The molecule has 178 valence electrons. The summed E-state index contributed by atoms with van der Waals surface area (Å²) in [5.74, 6) is -0.158. The molecule has 1 heterocycles. The van der Waals surface area contributed by atoms with E-state index in [0.29, 0.717) is 17.7 Å². The largest absolute Gasteiger partial charge is 0.462 e. The first-order valence-corrected chi connectivity index (χ1v) is 12.7. The Labute approximate surface area is 198 Å². The number of aliphatic hydroxyl groups is 1. The third-order valence-corrected chi connectivity index (χ3v) is 6.87. The van der Waals surface area contributed by atoms with E-state index in [-0.39, 0.29) is 28.8 Å². The molecule has 2 aromatic carbocycles. The van der Waals surface area contributed by atoms with Crippen LogP contribution in [0.25, 0.3) is 0 Å². The minimum Gasteiger partial charge on any atom is -0.462 e. The van der Waals surface area contributed by atoms with Gasteiger partial charge in [0.2, 0.25) is 5.95 Å². The van der Waals surface area contributed by atoms with Crippen molar-refractivity contribution in [2.24, 2.45) is 0 Å². The quantitative estimate of drug-likeness (QED) is 0.435. The van der Waals surface area contributed by atoms with E-state index >= 15 is 0 Å². The molecule has 0 spiro atoms. The number of nitrogens with one attached hydrogen (secondary N) is 2. The lowest BCUT2D eigenvalue weighted by atomic mass is 10.1. The van der Waals surface area contributed by atoms with Gasteiger partial charge in [0, 0.05) is 24.6 Å². The molecule has 1 aromatic heterocycles. The first kappa shape index (κ1) is 23.7. The van der Waals surface area contributed by atoms with Crippen molar-refractivity contribution >= 4 is 33.3 Å². The molecule has 2 atom stereocenters. The van der Waals surface area contributed by atoms with E-state index in [0.717, 1.165) is 17.4 Å². The Kier molecular flexibility index (Phi) is 6.54. The van der Waals surface area contributed by atoms with E-state index in [1.54, 1.807) is 26.0 Å². The Morgan fingerprint density at radius 3 is 2.71 bits per heavy atom. The number of hydrogen-bond acceptors (Lipinski definition) is 9. The summed E-state index contributed by atoms with van der Waals surface area (Å²) in [7, 11) is -3.34. The van der Waals surface area contributed by atoms with Gasteiger partial charge < -0.3 is 20.5 Å². The molecule has 4 rings (SSSR count). The van der Waals surface area contributed by atoms with E-state index in [2.05, 4.69) is 20.6 Å². The standard InChI is InChI=1S/C24H26N4O5S/c1-4-33-23(30)18-13-25-24(26-16-9-10-20(14(2)11-16)34(3,31)32)28-22(18)27-21-17-8-6-5-7-15(17)12-19(21)29/h5-11,13,19,21,29H,4,12H2,1-3H3,(H2,25,26,27,28)/t19-,21-/m0/s1. The van der Waals surface area contributed by atoms with Crippen LogP contribution in [0.15, 0.2) is 53.6 Å². The van der Waals surface area contributed by atoms with Crippen molar-refractivity contribution in [2.45, 2.75) is 37.3 Å². The van der Waals surface area contributed by atoms with Crippen LogP contribution < -0.4 is 10.6 Å². The van der Waals surface area contributed by atoms with Gasteiger partial charge in [-0.3, -0.25) is 0 Å². The summed E-state index contributed by atoms with van der Waals surface area (Å²) >= 11 is 0. The highest BCUT2D eigenvalue weighted by Gasteiger charge is 2.32. The van der Waals surface area contributed by atoms with Crippen LogP contribution in [0, 0.1) is 6.92 Å². The zero-order valence-corrected chi connectivity index (χ0v) is 19.9. The number of rotatable bonds is 7. The van der Waals surface area contributed by atoms with E-state index in [1.165, 1.54) is 12.3 Å². The Hall–Kier alpha value is -3.50. The molecule has 10 heteroatoms. The lowest BCUT2D eigenvalue weighted by Crippen LogP contribution is -2.23. The summed E-state index contributed by atoms with van der Waals surface area (Å²) in [5, 5.41) is 16.9. The van der Waals surface area contributed by atoms with E-state index in [9.17, 15) is 18.3 Å². The molecule has 3 aromatic rings.